The first-order chi connectivity index (χ1) is 13.5. The average molecular weight is 393 g/mol. The lowest BCUT2D eigenvalue weighted by molar-refractivity contribution is 0.101. The van der Waals surface area contributed by atoms with Crippen molar-refractivity contribution in [1.29, 1.82) is 0 Å². The SMILES string of the molecule is Cc1ccc(-c2cc(C(=O)Nc3cc(-c4ccc(Cl)cc4)no3)nn2C)cc1. The fourth-order valence-corrected chi connectivity index (χ4v) is 2.97. The Labute approximate surface area is 166 Å². The molecule has 6 nitrogen and oxygen atoms in total. The molecular formula is C21H17ClN4O2. The molecule has 4 rings (SSSR count). The zero-order valence-electron chi connectivity index (χ0n) is 15.3. The zero-order valence-corrected chi connectivity index (χ0v) is 16.1. The van der Waals surface area contributed by atoms with E-state index >= 15 is 0 Å². The van der Waals surface area contributed by atoms with Crippen molar-refractivity contribution in [3.8, 4) is 22.5 Å². The summed E-state index contributed by atoms with van der Waals surface area (Å²) < 4.78 is 6.91. The molecule has 7 heteroatoms. The smallest absolute Gasteiger partial charge is 0.278 e. The Kier molecular flexibility index (Phi) is 4.71. The summed E-state index contributed by atoms with van der Waals surface area (Å²) in [6.07, 6.45) is 0. The predicted octanol–water partition coefficient (Wildman–Crippen LogP) is 4.96. The van der Waals surface area contributed by atoms with Crippen LogP contribution in [0.1, 0.15) is 16.1 Å². The number of amides is 1. The minimum atomic E-state index is -0.368. The lowest BCUT2D eigenvalue weighted by Gasteiger charge is -2.01. The number of nitrogens with one attached hydrogen (secondary N) is 1. The van der Waals surface area contributed by atoms with Crippen LogP contribution < -0.4 is 5.32 Å². The van der Waals surface area contributed by atoms with E-state index in [-0.39, 0.29) is 11.8 Å². The predicted molar refractivity (Wildman–Crippen MR) is 108 cm³/mol. The van der Waals surface area contributed by atoms with Gasteiger partial charge in [-0.05, 0) is 30.7 Å². The number of hydrogen-bond donors (Lipinski definition) is 1. The molecule has 0 aliphatic carbocycles. The highest BCUT2D eigenvalue weighted by molar-refractivity contribution is 6.30. The van der Waals surface area contributed by atoms with Crippen molar-refractivity contribution in [2.24, 2.45) is 7.05 Å². The first kappa shape index (κ1) is 18.0. The number of hydrogen-bond acceptors (Lipinski definition) is 4. The fourth-order valence-electron chi connectivity index (χ4n) is 2.84. The van der Waals surface area contributed by atoms with Gasteiger partial charge in [-0.3, -0.25) is 14.8 Å². The zero-order chi connectivity index (χ0) is 19.7. The van der Waals surface area contributed by atoms with Crippen LogP contribution in [0.3, 0.4) is 0 Å². The van der Waals surface area contributed by atoms with Gasteiger partial charge in [0.05, 0.1) is 5.69 Å². The van der Waals surface area contributed by atoms with Crippen LogP contribution in [0, 0.1) is 6.92 Å². The molecule has 0 radical (unpaired) electrons. The van der Waals surface area contributed by atoms with Crippen molar-refractivity contribution in [3.05, 3.63) is 76.9 Å². The van der Waals surface area contributed by atoms with Crippen LogP contribution in [0.4, 0.5) is 5.88 Å². The topological polar surface area (TPSA) is 73.0 Å². The van der Waals surface area contributed by atoms with E-state index in [1.807, 2.05) is 43.3 Å². The summed E-state index contributed by atoms with van der Waals surface area (Å²) in [5.41, 5.74) is 4.75. The van der Waals surface area contributed by atoms with Gasteiger partial charge in [0.25, 0.3) is 5.91 Å². The summed E-state index contributed by atoms with van der Waals surface area (Å²) >= 11 is 5.90. The molecular weight excluding hydrogens is 376 g/mol. The summed E-state index contributed by atoms with van der Waals surface area (Å²) in [7, 11) is 1.80. The van der Waals surface area contributed by atoms with Gasteiger partial charge in [0.1, 0.15) is 5.69 Å². The maximum atomic E-state index is 12.6. The van der Waals surface area contributed by atoms with E-state index in [2.05, 4.69) is 15.6 Å². The number of rotatable bonds is 4. The lowest BCUT2D eigenvalue weighted by atomic mass is 10.1. The number of carbonyl (C=O) groups excluding carboxylic acids is 1. The molecule has 0 spiro atoms. The van der Waals surface area contributed by atoms with Gasteiger partial charge in [0.15, 0.2) is 5.69 Å². The van der Waals surface area contributed by atoms with Crippen LogP contribution in [-0.4, -0.2) is 20.8 Å². The highest BCUT2D eigenvalue weighted by atomic mass is 35.5. The highest BCUT2D eigenvalue weighted by Gasteiger charge is 2.16. The van der Waals surface area contributed by atoms with Crippen LogP contribution >= 0.6 is 11.6 Å². The third-order valence-electron chi connectivity index (χ3n) is 4.35. The van der Waals surface area contributed by atoms with Gasteiger partial charge < -0.3 is 4.52 Å². The van der Waals surface area contributed by atoms with E-state index in [0.717, 1.165) is 16.8 Å². The molecule has 0 aliphatic heterocycles. The van der Waals surface area contributed by atoms with Crippen LogP contribution in [0.2, 0.25) is 5.02 Å². The second-order valence-electron chi connectivity index (χ2n) is 6.44. The van der Waals surface area contributed by atoms with E-state index in [9.17, 15) is 4.79 Å². The normalized spacial score (nSPS) is 10.8. The van der Waals surface area contributed by atoms with Crippen molar-refractivity contribution in [2.45, 2.75) is 6.92 Å². The molecule has 0 saturated heterocycles. The van der Waals surface area contributed by atoms with Gasteiger partial charge in [0.2, 0.25) is 5.88 Å². The Morgan fingerprint density at radius 3 is 2.43 bits per heavy atom. The maximum Gasteiger partial charge on any atom is 0.278 e. The van der Waals surface area contributed by atoms with E-state index < -0.39 is 0 Å². The van der Waals surface area contributed by atoms with Crippen molar-refractivity contribution in [3.63, 3.8) is 0 Å². The number of anilines is 1. The van der Waals surface area contributed by atoms with E-state index in [1.54, 1.807) is 36.0 Å². The third kappa shape index (κ3) is 3.68. The molecule has 0 unspecified atom stereocenters. The molecule has 0 bridgehead atoms. The van der Waals surface area contributed by atoms with E-state index in [0.29, 0.717) is 16.4 Å². The molecule has 1 amide bonds. The summed E-state index contributed by atoms with van der Waals surface area (Å²) in [6, 6.07) is 18.7. The molecule has 2 aromatic heterocycles. The van der Waals surface area contributed by atoms with Crippen molar-refractivity contribution >= 4 is 23.4 Å². The van der Waals surface area contributed by atoms with Crippen LogP contribution in [0.25, 0.3) is 22.5 Å². The molecule has 4 aromatic rings. The maximum absolute atomic E-state index is 12.6. The molecule has 2 aromatic carbocycles. The minimum Gasteiger partial charge on any atom is -0.338 e. The van der Waals surface area contributed by atoms with E-state index in [1.165, 1.54) is 5.56 Å². The number of nitrogens with zero attached hydrogens (tertiary/aromatic N) is 3. The van der Waals surface area contributed by atoms with Crippen molar-refractivity contribution in [2.75, 3.05) is 5.32 Å². The van der Waals surface area contributed by atoms with Crippen LogP contribution in [0.5, 0.6) is 0 Å². The molecule has 140 valence electrons. The minimum absolute atomic E-state index is 0.248. The van der Waals surface area contributed by atoms with E-state index in [4.69, 9.17) is 16.1 Å². The third-order valence-corrected chi connectivity index (χ3v) is 4.60. The van der Waals surface area contributed by atoms with Crippen molar-refractivity contribution < 1.29 is 9.32 Å². The highest BCUT2D eigenvalue weighted by Crippen LogP contribution is 2.24. The standard InChI is InChI=1S/C21H17ClN4O2/c1-13-3-5-15(6-4-13)19-11-18(24-26(19)2)21(27)23-20-12-17(25-28-20)14-7-9-16(22)10-8-14/h3-12H,1-2H3,(H,23,27). The van der Waals surface area contributed by atoms with Gasteiger partial charge in [-0.2, -0.15) is 5.10 Å². The second-order valence-corrected chi connectivity index (χ2v) is 6.88. The van der Waals surface area contributed by atoms with Gasteiger partial charge in [-0.25, -0.2) is 0 Å². The second kappa shape index (κ2) is 7.32. The summed E-state index contributed by atoms with van der Waals surface area (Å²) in [5.74, 6) is -0.120. The van der Waals surface area contributed by atoms with Crippen molar-refractivity contribution in [1.82, 2.24) is 14.9 Å². The summed E-state index contributed by atoms with van der Waals surface area (Å²) in [4.78, 5) is 12.6. The van der Waals surface area contributed by atoms with Gasteiger partial charge in [0, 0.05) is 23.7 Å². The first-order valence-corrected chi connectivity index (χ1v) is 9.02. The largest absolute Gasteiger partial charge is 0.338 e. The summed E-state index contributed by atoms with van der Waals surface area (Å²) in [6.45, 7) is 2.03. The summed E-state index contributed by atoms with van der Waals surface area (Å²) in [5, 5.41) is 11.6. The monoisotopic (exact) mass is 392 g/mol. The average Bonchev–Trinajstić information content (AvgIpc) is 3.30. The Morgan fingerprint density at radius 2 is 1.71 bits per heavy atom. The molecule has 28 heavy (non-hydrogen) atoms. The first-order valence-electron chi connectivity index (χ1n) is 8.65. The number of aromatic nitrogens is 3. The Bertz CT molecular complexity index is 1130. The quantitative estimate of drug-likeness (QED) is 0.533. The number of benzene rings is 2. The molecule has 1 N–H and O–H groups in total. The molecule has 0 atom stereocenters. The molecule has 0 fully saturated rings. The van der Waals surface area contributed by atoms with Gasteiger partial charge >= 0.3 is 0 Å². The van der Waals surface area contributed by atoms with Gasteiger partial charge in [-0.1, -0.05) is 58.7 Å². The molecule has 0 saturated carbocycles. The molecule has 0 aliphatic rings. The number of aryl methyl sites for hydroxylation is 2. The Hall–Kier alpha value is -3.38. The van der Waals surface area contributed by atoms with Gasteiger partial charge in [-0.15, -0.1) is 0 Å². The lowest BCUT2D eigenvalue weighted by Crippen LogP contribution is -2.12. The molecule has 2 heterocycles. The fraction of sp³-hybridized carbons (Fsp3) is 0.0952. The van der Waals surface area contributed by atoms with Crippen LogP contribution in [-0.2, 0) is 7.05 Å². The number of carbonyl (C=O) groups is 1. The van der Waals surface area contributed by atoms with Crippen LogP contribution in [0.15, 0.2) is 65.2 Å². The Balaban J connectivity index is 1.52. The Morgan fingerprint density at radius 1 is 1.04 bits per heavy atom. The number of halogens is 1.